The number of hydrogen-bond donors (Lipinski definition) is 1. The van der Waals surface area contributed by atoms with Crippen LogP contribution in [0.1, 0.15) is 49.8 Å². The number of benzene rings is 1. The number of rotatable bonds is 6. The van der Waals surface area contributed by atoms with E-state index in [0.717, 1.165) is 31.5 Å². The zero-order valence-corrected chi connectivity index (χ0v) is 13.4. The lowest BCUT2D eigenvalue weighted by Crippen LogP contribution is -2.26. The highest BCUT2D eigenvalue weighted by atomic mass is 15.4. The molecule has 1 aliphatic carbocycles. The first-order valence-electron chi connectivity index (χ1n) is 8.50. The molecule has 0 unspecified atom stereocenters. The summed E-state index contributed by atoms with van der Waals surface area (Å²) in [5.41, 5.74) is 2.70. The molecule has 0 bridgehead atoms. The lowest BCUT2D eigenvalue weighted by Gasteiger charge is -2.29. The van der Waals surface area contributed by atoms with E-state index in [2.05, 4.69) is 52.9 Å². The maximum Gasteiger partial charge on any atom is 0.0738 e. The average molecular weight is 298 g/mol. The van der Waals surface area contributed by atoms with E-state index in [4.69, 9.17) is 0 Å². The Morgan fingerprint density at radius 3 is 2.64 bits per heavy atom. The number of nitrogens with one attached hydrogen (secondary N) is 1. The van der Waals surface area contributed by atoms with Gasteiger partial charge in [0.05, 0.1) is 11.9 Å². The number of aromatic nitrogens is 3. The molecule has 1 aliphatic rings. The highest BCUT2D eigenvalue weighted by Crippen LogP contribution is 2.35. The van der Waals surface area contributed by atoms with E-state index in [1.807, 2.05) is 10.9 Å². The number of aryl methyl sites for hydroxylation is 1. The van der Waals surface area contributed by atoms with Gasteiger partial charge in [0, 0.05) is 13.1 Å². The van der Waals surface area contributed by atoms with Crippen LogP contribution in [0.4, 0.5) is 0 Å². The number of hydrogen-bond acceptors (Lipinski definition) is 3. The van der Waals surface area contributed by atoms with E-state index >= 15 is 0 Å². The molecule has 0 amide bonds. The van der Waals surface area contributed by atoms with E-state index in [-0.39, 0.29) is 0 Å². The van der Waals surface area contributed by atoms with Crippen LogP contribution in [0.15, 0.2) is 36.5 Å². The molecular formula is C18H26N4. The molecule has 1 N–H and O–H groups in total. The fourth-order valence-corrected chi connectivity index (χ4v) is 3.51. The van der Waals surface area contributed by atoms with Crippen LogP contribution in [-0.2, 0) is 13.1 Å². The summed E-state index contributed by atoms with van der Waals surface area (Å²) in [6.45, 7) is 4.97. The molecule has 4 heteroatoms. The highest BCUT2D eigenvalue weighted by Gasteiger charge is 2.21. The van der Waals surface area contributed by atoms with E-state index in [0.29, 0.717) is 0 Å². The summed E-state index contributed by atoms with van der Waals surface area (Å²) < 4.78 is 1.96. The van der Waals surface area contributed by atoms with Gasteiger partial charge in [-0.15, -0.1) is 5.10 Å². The van der Waals surface area contributed by atoms with Crippen molar-refractivity contribution in [2.24, 2.45) is 5.92 Å². The average Bonchev–Trinajstić information content (AvgIpc) is 3.04. The van der Waals surface area contributed by atoms with Crippen LogP contribution in [0.2, 0.25) is 0 Å². The standard InChI is InChI=1S/C18H26N4/c1-2-22-18(14-20-21-22)13-19-12-15-8-10-17(11-9-15)16-6-4-3-5-7-16/h3-7,14-15,17,19H,2,8-13H2,1H3. The predicted molar refractivity (Wildman–Crippen MR) is 88.5 cm³/mol. The van der Waals surface area contributed by atoms with Crippen LogP contribution >= 0.6 is 0 Å². The maximum atomic E-state index is 4.07. The van der Waals surface area contributed by atoms with Crippen LogP contribution < -0.4 is 5.32 Å². The van der Waals surface area contributed by atoms with Gasteiger partial charge in [-0.3, -0.25) is 0 Å². The van der Waals surface area contributed by atoms with Crippen LogP contribution in [-0.4, -0.2) is 21.5 Å². The van der Waals surface area contributed by atoms with Gasteiger partial charge in [-0.25, -0.2) is 4.68 Å². The van der Waals surface area contributed by atoms with Crippen molar-refractivity contribution in [2.75, 3.05) is 6.54 Å². The quantitative estimate of drug-likeness (QED) is 0.889. The lowest BCUT2D eigenvalue weighted by molar-refractivity contribution is 0.312. The molecular weight excluding hydrogens is 272 g/mol. The smallest absolute Gasteiger partial charge is 0.0738 e. The Morgan fingerprint density at radius 2 is 1.91 bits per heavy atom. The molecule has 2 aromatic rings. The normalized spacial score (nSPS) is 21.9. The van der Waals surface area contributed by atoms with Crippen LogP contribution in [0.25, 0.3) is 0 Å². The van der Waals surface area contributed by atoms with Crippen molar-refractivity contribution in [3.63, 3.8) is 0 Å². The van der Waals surface area contributed by atoms with E-state index in [1.54, 1.807) is 0 Å². The first-order valence-corrected chi connectivity index (χ1v) is 8.50. The monoisotopic (exact) mass is 298 g/mol. The third-order valence-electron chi connectivity index (χ3n) is 4.85. The predicted octanol–water partition coefficient (Wildman–Crippen LogP) is 3.36. The van der Waals surface area contributed by atoms with Gasteiger partial charge in [-0.05, 0) is 56.6 Å². The van der Waals surface area contributed by atoms with Crippen LogP contribution in [0.3, 0.4) is 0 Å². The first kappa shape index (κ1) is 15.2. The van der Waals surface area contributed by atoms with Gasteiger partial charge < -0.3 is 5.32 Å². The van der Waals surface area contributed by atoms with Crippen molar-refractivity contribution in [1.82, 2.24) is 20.3 Å². The molecule has 1 saturated carbocycles. The summed E-state index contributed by atoms with van der Waals surface area (Å²) in [5, 5.41) is 11.6. The minimum atomic E-state index is 0.767. The molecule has 118 valence electrons. The van der Waals surface area contributed by atoms with E-state index in [1.165, 1.54) is 36.9 Å². The van der Waals surface area contributed by atoms with Gasteiger partial charge in [-0.1, -0.05) is 35.5 Å². The summed E-state index contributed by atoms with van der Waals surface area (Å²) in [4.78, 5) is 0. The van der Waals surface area contributed by atoms with Gasteiger partial charge >= 0.3 is 0 Å². The summed E-state index contributed by atoms with van der Waals surface area (Å²) in [6, 6.07) is 11.0. The van der Waals surface area contributed by atoms with Gasteiger partial charge in [0.15, 0.2) is 0 Å². The van der Waals surface area contributed by atoms with Crippen molar-refractivity contribution in [2.45, 2.75) is 51.6 Å². The molecule has 0 spiro atoms. The van der Waals surface area contributed by atoms with Gasteiger partial charge in [0.1, 0.15) is 0 Å². The van der Waals surface area contributed by atoms with Crippen LogP contribution in [0.5, 0.6) is 0 Å². The van der Waals surface area contributed by atoms with Crippen molar-refractivity contribution in [3.05, 3.63) is 47.8 Å². The Kier molecular flexibility index (Phi) is 5.22. The fourth-order valence-electron chi connectivity index (χ4n) is 3.51. The van der Waals surface area contributed by atoms with Crippen molar-refractivity contribution < 1.29 is 0 Å². The molecule has 1 aromatic carbocycles. The minimum Gasteiger partial charge on any atom is -0.311 e. The Labute approximate surface area is 132 Å². The third kappa shape index (κ3) is 3.74. The van der Waals surface area contributed by atoms with Crippen molar-refractivity contribution in [1.29, 1.82) is 0 Å². The fraction of sp³-hybridized carbons (Fsp3) is 0.556. The molecule has 3 rings (SSSR count). The minimum absolute atomic E-state index is 0.767. The first-order chi connectivity index (χ1) is 10.9. The zero-order valence-electron chi connectivity index (χ0n) is 13.4. The molecule has 1 fully saturated rings. The number of nitrogens with zero attached hydrogens (tertiary/aromatic N) is 3. The van der Waals surface area contributed by atoms with Gasteiger partial charge in [-0.2, -0.15) is 0 Å². The lowest BCUT2D eigenvalue weighted by atomic mass is 9.79. The Morgan fingerprint density at radius 1 is 1.14 bits per heavy atom. The van der Waals surface area contributed by atoms with Gasteiger partial charge in [0.25, 0.3) is 0 Å². The Hall–Kier alpha value is -1.68. The molecule has 0 aliphatic heterocycles. The van der Waals surface area contributed by atoms with E-state index in [9.17, 15) is 0 Å². The largest absolute Gasteiger partial charge is 0.311 e. The summed E-state index contributed by atoms with van der Waals surface area (Å²) in [7, 11) is 0. The van der Waals surface area contributed by atoms with E-state index < -0.39 is 0 Å². The molecule has 0 saturated heterocycles. The second-order valence-electron chi connectivity index (χ2n) is 6.30. The highest BCUT2D eigenvalue weighted by molar-refractivity contribution is 5.19. The topological polar surface area (TPSA) is 42.7 Å². The molecule has 0 atom stereocenters. The van der Waals surface area contributed by atoms with Crippen molar-refractivity contribution >= 4 is 0 Å². The SMILES string of the molecule is CCn1nncc1CNCC1CCC(c2ccccc2)CC1. The molecule has 1 heterocycles. The summed E-state index contributed by atoms with van der Waals surface area (Å²) in [6.07, 6.45) is 7.17. The maximum absolute atomic E-state index is 4.07. The van der Waals surface area contributed by atoms with Crippen molar-refractivity contribution in [3.8, 4) is 0 Å². The molecule has 1 aromatic heterocycles. The Balaban J connectivity index is 1.41. The molecule has 4 nitrogen and oxygen atoms in total. The summed E-state index contributed by atoms with van der Waals surface area (Å²) >= 11 is 0. The third-order valence-corrected chi connectivity index (χ3v) is 4.85. The molecule has 0 radical (unpaired) electrons. The second-order valence-corrected chi connectivity index (χ2v) is 6.30. The second kappa shape index (κ2) is 7.54. The molecule has 22 heavy (non-hydrogen) atoms. The zero-order chi connectivity index (χ0) is 15.2. The Bertz CT molecular complexity index is 555. The van der Waals surface area contributed by atoms with Crippen LogP contribution in [0, 0.1) is 5.92 Å². The van der Waals surface area contributed by atoms with Gasteiger partial charge in [0.2, 0.25) is 0 Å². The summed E-state index contributed by atoms with van der Waals surface area (Å²) in [5.74, 6) is 1.58.